The number of benzene rings is 1. The van der Waals surface area contributed by atoms with Gasteiger partial charge < -0.3 is 20.8 Å². The molecule has 0 bridgehead atoms. The van der Waals surface area contributed by atoms with Gasteiger partial charge in [0.1, 0.15) is 17.6 Å². The SMILES string of the molecule is COc1ccc(Cn2cnc3c(N)ncnc32)cc1CN. The van der Waals surface area contributed by atoms with E-state index in [1.807, 2.05) is 22.8 Å². The van der Waals surface area contributed by atoms with E-state index in [0.29, 0.717) is 30.1 Å². The van der Waals surface area contributed by atoms with E-state index in [4.69, 9.17) is 16.2 Å². The smallest absolute Gasteiger partial charge is 0.165 e. The van der Waals surface area contributed by atoms with E-state index in [9.17, 15) is 0 Å². The van der Waals surface area contributed by atoms with Gasteiger partial charge in [-0.1, -0.05) is 6.07 Å². The molecule has 0 aliphatic carbocycles. The monoisotopic (exact) mass is 284 g/mol. The second kappa shape index (κ2) is 5.37. The fourth-order valence-corrected chi connectivity index (χ4v) is 2.30. The number of methoxy groups -OCH3 is 1. The topological polar surface area (TPSA) is 105 Å². The number of nitrogens with zero attached hydrogens (tertiary/aromatic N) is 4. The molecule has 0 spiro atoms. The lowest BCUT2D eigenvalue weighted by atomic mass is 10.1. The predicted molar refractivity (Wildman–Crippen MR) is 79.7 cm³/mol. The van der Waals surface area contributed by atoms with Crippen LogP contribution in [-0.2, 0) is 13.1 Å². The zero-order valence-electron chi connectivity index (χ0n) is 11.7. The summed E-state index contributed by atoms with van der Waals surface area (Å²) in [4.78, 5) is 12.4. The fraction of sp³-hybridized carbons (Fsp3) is 0.214. The van der Waals surface area contributed by atoms with Gasteiger partial charge in [0.25, 0.3) is 0 Å². The van der Waals surface area contributed by atoms with Crippen LogP contribution >= 0.6 is 0 Å². The Balaban J connectivity index is 1.97. The van der Waals surface area contributed by atoms with Gasteiger partial charge in [0.05, 0.1) is 20.0 Å². The predicted octanol–water partition coefficient (Wildman–Crippen LogP) is 0.924. The van der Waals surface area contributed by atoms with Crippen LogP contribution in [0.1, 0.15) is 11.1 Å². The van der Waals surface area contributed by atoms with Crippen LogP contribution in [-0.4, -0.2) is 26.6 Å². The van der Waals surface area contributed by atoms with Crippen molar-refractivity contribution in [3.8, 4) is 5.75 Å². The Morgan fingerprint density at radius 1 is 1.24 bits per heavy atom. The first kappa shape index (κ1) is 13.3. The van der Waals surface area contributed by atoms with Crippen LogP contribution < -0.4 is 16.2 Å². The van der Waals surface area contributed by atoms with Gasteiger partial charge in [-0.05, 0) is 17.7 Å². The van der Waals surface area contributed by atoms with Crippen molar-refractivity contribution in [2.24, 2.45) is 5.73 Å². The van der Waals surface area contributed by atoms with Crippen LogP contribution in [0.3, 0.4) is 0 Å². The Morgan fingerprint density at radius 3 is 2.86 bits per heavy atom. The van der Waals surface area contributed by atoms with E-state index in [1.165, 1.54) is 6.33 Å². The molecular formula is C14H16N6O. The number of imidazole rings is 1. The van der Waals surface area contributed by atoms with Crippen LogP contribution in [0.15, 0.2) is 30.9 Å². The number of rotatable bonds is 4. The Labute approximate surface area is 121 Å². The fourth-order valence-electron chi connectivity index (χ4n) is 2.30. The van der Waals surface area contributed by atoms with Gasteiger partial charge in [-0.25, -0.2) is 15.0 Å². The summed E-state index contributed by atoms with van der Waals surface area (Å²) in [5, 5.41) is 0. The van der Waals surface area contributed by atoms with E-state index in [-0.39, 0.29) is 0 Å². The van der Waals surface area contributed by atoms with E-state index >= 15 is 0 Å². The lowest BCUT2D eigenvalue weighted by molar-refractivity contribution is 0.409. The van der Waals surface area contributed by atoms with Crippen molar-refractivity contribution in [3.05, 3.63) is 42.0 Å². The first-order valence-electron chi connectivity index (χ1n) is 6.50. The zero-order chi connectivity index (χ0) is 14.8. The molecule has 4 N–H and O–H groups in total. The summed E-state index contributed by atoms with van der Waals surface area (Å²) in [5.41, 5.74) is 14.9. The van der Waals surface area contributed by atoms with Crippen molar-refractivity contribution in [1.29, 1.82) is 0 Å². The van der Waals surface area contributed by atoms with Gasteiger partial charge in [0, 0.05) is 12.1 Å². The van der Waals surface area contributed by atoms with Gasteiger partial charge >= 0.3 is 0 Å². The molecule has 0 radical (unpaired) electrons. The number of anilines is 1. The molecule has 7 heteroatoms. The summed E-state index contributed by atoms with van der Waals surface area (Å²) >= 11 is 0. The van der Waals surface area contributed by atoms with Gasteiger partial charge in [-0.2, -0.15) is 0 Å². The van der Waals surface area contributed by atoms with Crippen molar-refractivity contribution >= 4 is 17.0 Å². The van der Waals surface area contributed by atoms with E-state index in [1.54, 1.807) is 13.4 Å². The van der Waals surface area contributed by atoms with Crippen LogP contribution in [0.4, 0.5) is 5.82 Å². The Morgan fingerprint density at radius 2 is 2.10 bits per heavy atom. The van der Waals surface area contributed by atoms with E-state index < -0.39 is 0 Å². The Kier molecular flexibility index (Phi) is 3.41. The molecule has 108 valence electrons. The molecule has 0 aliphatic rings. The molecule has 3 aromatic rings. The molecule has 0 unspecified atom stereocenters. The van der Waals surface area contributed by atoms with Gasteiger partial charge in [-0.3, -0.25) is 0 Å². The van der Waals surface area contributed by atoms with Crippen LogP contribution in [0.25, 0.3) is 11.2 Å². The van der Waals surface area contributed by atoms with Crippen molar-refractivity contribution in [2.75, 3.05) is 12.8 Å². The Hall–Kier alpha value is -2.67. The first-order valence-corrected chi connectivity index (χ1v) is 6.50. The summed E-state index contributed by atoms with van der Waals surface area (Å²) in [7, 11) is 1.64. The molecule has 0 saturated carbocycles. The Bertz CT molecular complexity index is 782. The highest BCUT2D eigenvalue weighted by atomic mass is 16.5. The average Bonchev–Trinajstić information content (AvgIpc) is 2.92. The second-order valence-corrected chi connectivity index (χ2v) is 4.65. The van der Waals surface area contributed by atoms with Crippen molar-refractivity contribution in [2.45, 2.75) is 13.1 Å². The highest BCUT2D eigenvalue weighted by molar-refractivity contribution is 5.81. The number of nitrogen functional groups attached to an aromatic ring is 1. The van der Waals surface area contributed by atoms with E-state index in [2.05, 4.69) is 15.0 Å². The average molecular weight is 284 g/mol. The van der Waals surface area contributed by atoms with Crippen molar-refractivity contribution in [1.82, 2.24) is 19.5 Å². The minimum Gasteiger partial charge on any atom is -0.496 e. The minimum atomic E-state index is 0.385. The molecule has 0 saturated heterocycles. The highest BCUT2D eigenvalue weighted by Crippen LogP contribution is 2.21. The van der Waals surface area contributed by atoms with Crippen LogP contribution in [0.2, 0.25) is 0 Å². The zero-order valence-corrected chi connectivity index (χ0v) is 11.7. The number of nitrogens with two attached hydrogens (primary N) is 2. The molecule has 2 aromatic heterocycles. The number of aromatic nitrogens is 4. The van der Waals surface area contributed by atoms with Gasteiger partial charge in [0.2, 0.25) is 0 Å². The molecule has 0 amide bonds. The highest BCUT2D eigenvalue weighted by Gasteiger charge is 2.09. The molecule has 7 nitrogen and oxygen atoms in total. The van der Waals surface area contributed by atoms with Crippen LogP contribution in [0.5, 0.6) is 5.75 Å². The molecule has 3 rings (SSSR count). The molecule has 0 aliphatic heterocycles. The first-order chi connectivity index (χ1) is 10.2. The lowest BCUT2D eigenvalue weighted by Gasteiger charge is -2.10. The summed E-state index contributed by atoms with van der Waals surface area (Å²) in [6, 6.07) is 5.93. The maximum absolute atomic E-state index is 5.79. The third-order valence-electron chi connectivity index (χ3n) is 3.35. The van der Waals surface area contributed by atoms with Gasteiger partial charge in [0.15, 0.2) is 11.5 Å². The molecule has 0 fully saturated rings. The van der Waals surface area contributed by atoms with E-state index in [0.717, 1.165) is 16.9 Å². The normalized spacial score (nSPS) is 11.0. The van der Waals surface area contributed by atoms with Crippen molar-refractivity contribution in [3.63, 3.8) is 0 Å². The third kappa shape index (κ3) is 2.38. The molecular weight excluding hydrogens is 268 g/mol. The minimum absolute atomic E-state index is 0.385. The molecule has 1 aromatic carbocycles. The number of fused-ring (bicyclic) bond motifs is 1. The summed E-state index contributed by atoms with van der Waals surface area (Å²) in [6.45, 7) is 1.06. The van der Waals surface area contributed by atoms with Crippen molar-refractivity contribution < 1.29 is 4.74 Å². The lowest BCUT2D eigenvalue weighted by Crippen LogP contribution is -2.04. The van der Waals surface area contributed by atoms with Gasteiger partial charge in [-0.15, -0.1) is 0 Å². The second-order valence-electron chi connectivity index (χ2n) is 4.65. The van der Waals surface area contributed by atoms with Crippen LogP contribution in [0, 0.1) is 0 Å². The number of hydrogen-bond donors (Lipinski definition) is 2. The standard InChI is InChI=1S/C14H16N6O/c1-21-11-3-2-9(4-10(11)5-15)6-20-8-19-12-13(16)17-7-18-14(12)20/h2-4,7-8H,5-6,15H2,1H3,(H2,16,17,18). The summed E-state index contributed by atoms with van der Waals surface area (Å²) in [5.74, 6) is 1.18. The maximum Gasteiger partial charge on any atom is 0.165 e. The number of hydrogen-bond acceptors (Lipinski definition) is 6. The molecule has 0 atom stereocenters. The molecule has 2 heterocycles. The largest absolute Gasteiger partial charge is 0.496 e. The summed E-state index contributed by atoms with van der Waals surface area (Å²) in [6.07, 6.45) is 3.15. The quantitative estimate of drug-likeness (QED) is 0.738. The third-order valence-corrected chi connectivity index (χ3v) is 3.35. The maximum atomic E-state index is 5.79. The molecule has 21 heavy (non-hydrogen) atoms. The summed E-state index contributed by atoms with van der Waals surface area (Å²) < 4.78 is 7.20. The number of ether oxygens (including phenoxy) is 1.